The lowest BCUT2D eigenvalue weighted by Crippen LogP contribution is -2.05. The molecular formula is C36H38N14OS6. The van der Waals surface area contributed by atoms with Crippen molar-refractivity contribution < 1.29 is 4.79 Å². The van der Waals surface area contributed by atoms with Crippen molar-refractivity contribution >= 4 is 118 Å². The molecule has 0 unspecified atom stereocenters. The lowest BCUT2D eigenvalue weighted by Gasteiger charge is -2.03. The first kappa shape index (κ1) is 40.9. The zero-order chi connectivity index (χ0) is 40.6. The second-order valence-corrected chi connectivity index (χ2v) is 17.3. The van der Waals surface area contributed by atoms with Gasteiger partial charge in [0.2, 0.25) is 5.91 Å². The second-order valence-electron chi connectivity index (χ2n) is 11.7. The van der Waals surface area contributed by atoms with Crippen molar-refractivity contribution in [3.05, 3.63) is 70.4 Å². The number of nitrogens with one attached hydrogen (secondary N) is 4. The van der Waals surface area contributed by atoms with E-state index in [2.05, 4.69) is 51.2 Å². The maximum Gasteiger partial charge on any atom is 0.221 e. The van der Waals surface area contributed by atoms with Gasteiger partial charge >= 0.3 is 0 Å². The number of nitrogens with zero attached hydrogens (tertiary/aromatic N) is 6. The topological polar surface area (TPSA) is 247 Å². The fraction of sp³-hybridized carbons (Fsp3) is 0.139. The number of hydrogen-bond donors (Lipinski definition) is 8. The number of anilines is 8. The molecule has 8 aromatic rings. The third-order valence-corrected chi connectivity index (χ3v) is 13.8. The highest BCUT2D eigenvalue weighted by molar-refractivity contribution is 7.24. The summed E-state index contributed by atoms with van der Waals surface area (Å²) in [6.45, 7) is 3.45. The molecule has 0 spiro atoms. The molecule has 0 radical (unpaired) electrons. The van der Waals surface area contributed by atoms with Crippen molar-refractivity contribution in [1.82, 2.24) is 29.9 Å². The van der Waals surface area contributed by atoms with Crippen molar-refractivity contribution in [3.8, 4) is 52.2 Å². The zero-order valence-corrected chi connectivity index (χ0v) is 36.1. The van der Waals surface area contributed by atoms with E-state index in [1.165, 1.54) is 52.3 Å². The number of hydrogen-bond acceptors (Lipinski definition) is 20. The number of carbonyl (C=O) groups is 1. The summed E-state index contributed by atoms with van der Waals surface area (Å²) in [5.74, 6) is 1.44. The quantitative estimate of drug-likeness (QED) is 0.0632. The van der Waals surface area contributed by atoms with Crippen LogP contribution in [0.15, 0.2) is 64.7 Å². The van der Waals surface area contributed by atoms with Gasteiger partial charge in [-0.2, -0.15) is 0 Å². The fourth-order valence-electron chi connectivity index (χ4n) is 4.91. The Balaban J connectivity index is 0.000000149. The van der Waals surface area contributed by atoms with E-state index in [1.54, 1.807) is 22.7 Å². The van der Waals surface area contributed by atoms with Crippen LogP contribution < -0.4 is 44.2 Å². The third-order valence-electron chi connectivity index (χ3n) is 7.47. The van der Waals surface area contributed by atoms with E-state index in [0.717, 1.165) is 84.6 Å². The first-order valence-corrected chi connectivity index (χ1v) is 21.9. The van der Waals surface area contributed by atoms with E-state index in [4.69, 9.17) is 22.9 Å². The van der Waals surface area contributed by atoms with Crippen molar-refractivity contribution in [2.45, 2.75) is 13.8 Å². The van der Waals surface area contributed by atoms with Crippen LogP contribution in [0.25, 0.3) is 52.2 Å². The highest BCUT2D eigenvalue weighted by atomic mass is 32.1. The van der Waals surface area contributed by atoms with Crippen LogP contribution in [0.5, 0.6) is 0 Å². The second kappa shape index (κ2) is 18.5. The number of nitrogen functional groups attached to an aromatic ring is 4. The minimum atomic E-state index is -0.0989. The van der Waals surface area contributed by atoms with Gasteiger partial charge in [-0.25, -0.2) is 29.9 Å². The molecular weight excluding hydrogens is 837 g/mol. The van der Waals surface area contributed by atoms with Crippen molar-refractivity contribution in [3.63, 3.8) is 0 Å². The van der Waals surface area contributed by atoms with Gasteiger partial charge in [-0.3, -0.25) is 4.79 Å². The maximum absolute atomic E-state index is 11.2. The first-order valence-electron chi connectivity index (χ1n) is 16.8. The summed E-state index contributed by atoms with van der Waals surface area (Å²) in [5, 5.41) is 22.7. The van der Waals surface area contributed by atoms with Crippen molar-refractivity contribution in [2.24, 2.45) is 0 Å². The molecule has 6 heterocycles. The minimum absolute atomic E-state index is 0.0989. The average Bonchev–Trinajstić information content (AvgIpc) is 4.05. The largest absolute Gasteiger partial charge is 0.399 e. The Hall–Kier alpha value is -5.71. The molecule has 8 rings (SSSR count). The summed E-state index contributed by atoms with van der Waals surface area (Å²) in [6, 6.07) is 15.3. The highest BCUT2D eigenvalue weighted by Gasteiger charge is 2.16. The summed E-state index contributed by atoms with van der Waals surface area (Å²) in [5.41, 5.74) is 29.6. The standard InChI is InChI=1S/C15H15N5OS2.C13H13N5S2.C8H10N4S2/c1-8(21)18-10-5-3-4-9(6-10)11-7-22-14(19-11)12-13(16)20-15(17-2)23-12;1-16-13-18-11(15)10(20-13)12-17-9(6-19-12)7-3-2-4-8(14)5-7;1-4-3-13-7(11-4)5-6(9)12-8(10-2)14-5/h3-7H,16H2,1-2H3,(H,17,20)(H,18,21);2-6H,14-15H2,1H3,(H,16,18);3H,9H2,1-2H3,(H,10,12). The molecule has 294 valence electrons. The molecule has 0 atom stereocenters. The van der Waals surface area contributed by atoms with Gasteiger partial charge in [-0.05, 0) is 31.2 Å². The van der Waals surface area contributed by atoms with E-state index < -0.39 is 0 Å². The number of carbonyl (C=O) groups excluding carboxylic acids is 1. The monoisotopic (exact) mass is 874 g/mol. The Morgan fingerprint density at radius 3 is 1.42 bits per heavy atom. The molecule has 12 N–H and O–H groups in total. The predicted molar refractivity (Wildman–Crippen MR) is 246 cm³/mol. The molecule has 1 amide bonds. The lowest BCUT2D eigenvalue weighted by atomic mass is 10.1. The lowest BCUT2D eigenvalue weighted by molar-refractivity contribution is -0.114. The molecule has 0 aliphatic carbocycles. The fourth-order valence-corrected chi connectivity index (χ4v) is 10.2. The Labute approximate surface area is 352 Å². The molecule has 0 fully saturated rings. The maximum atomic E-state index is 11.2. The number of amides is 1. The van der Waals surface area contributed by atoms with E-state index in [-0.39, 0.29) is 5.91 Å². The van der Waals surface area contributed by atoms with Crippen molar-refractivity contribution in [2.75, 3.05) is 65.3 Å². The average molecular weight is 875 g/mol. The van der Waals surface area contributed by atoms with Crippen LogP contribution in [0, 0.1) is 6.92 Å². The molecule has 15 nitrogen and oxygen atoms in total. The van der Waals surface area contributed by atoms with E-state index in [9.17, 15) is 4.79 Å². The van der Waals surface area contributed by atoms with Crippen LogP contribution in [0.3, 0.4) is 0 Å². The summed E-state index contributed by atoms with van der Waals surface area (Å²) in [4.78, 5) is 40.2. The predicted octanol–water partition coefficient (Wildman–Crippen LogP) is 8.85. The minimum Gasteiger partial charge on any atom is -0.399 e. The van der Waals surface area contributed by atoms with Crippen LogP contribution in [-0.4, -0.2) is 57.0 Å². The summed E-state index contributed by atoms with van der Waals surface area (Å²) >= 11 is 9.17. The SMILES string of the molecule is CNc1nc(N)c(-c2nc(-c3cccc(N)c3)cs2)s1.CNc1nc(N)c(-c2nc(-c3cccc(NC(C)=O)c3)cs2)s1.CNc1nc(N)c(-c2nc(C)cs2)s1. The summed E-state index contributed by atoms with van der Waals surface area (Å²) < 4.78 is 0. The molecule has 21 heteroatoms. The molecule has 0 aliphatic heterocycles. The number of aromatic nitrogens is 6. The summed E-state index contributed by atoms with van der Waals surface area (Å²) in [6.07, 6.45) is 0. The van der Waals surface area contributed by atoms with E-state index in [1.807, 2.05) is 92.7 Å². The molecule has 0 saturated carbocycles. The van der Waals surface area contributed by atoms with Crippen LogP contribution >= 0.6 is 68.0 Å². The van der Waals surface area contributed by atoms with Gasteiger partial charge in [0.15, 0.2) is 15.4 Å². The number of aryl methyl sites for hydroxylation is 1. The zero-order valence-electron chi connectivity index (χ0n) is 31.2. The number of nitrogens with two attached hydrogens (primary N) is 4. The van der Waals surface area contributed by atoms with Gasteiger partial charge < -0.3 is 44.2 Å². The van der Waals surface area contributed by atoms with Crippen LogP contribution in [-0.2, 0) is 4.79 Å². The smallest absolute Gasteiger partial charge is 0.221 e. The van der Waals surface area contributed by atoms with Gasteiger partial charge in [0.1, 0.15) is 47.1 Å². The van der Waals surface area contributed by atoms with E-state index in [0.29, 0.717) is 17.5 Å². The third kappa shape index (κ3) is 10.2. The highest BCUT2D eigenvalue weighted by Crippen LogP contribution is 2.40. The number of benzene rings is 2. The van der Waals surface area contributed by atoms with Gasteiger partial charge in [0.05, 0.1) is 11.4 Å². The number of rotatable bonds is 9. The molecule has 57 heavy (non-hydrogen) atoms. The number of thiazole rings is 6. The molecule has 6 aromatic heterocycles. The van der Waals surface area contributed by atoms with E-state index >= 15 is 0 Å². The normalized spacial score (nSPS) is 10.5. The summed E-state index contributed by atoms with van der Waals surface area (Å²) in [7, 11) is 5.46. The van der Waals surface area contributed by atoms with Crippen LogP contribution in [0.1, 0.15) is 12.6 Å². The molecule has 2 aromatic carbocycles. The van der Waals surface area contributed by atoms with Crippen LogP contribution in [0.2, 0.25) is 0 Å². The molecule has 0 aliphatic rings. The Bertz CT molecular complexity index is 2600. The van der Waals surface area contributed by atoms with Gasteiger partial charge in [-0.15, -0.1) is 34.0 Å². The van der Waals surface area contributed by atoms with Gasteiger partial charge in [0.25, 0.3) is 0 Å². The van der Waals surface area contributed by atoms with Gasteiger partial charge in [0, 0.05) is 72.4 Å². The Morgan fingerprint density at radius 1 is 0.579 bits per heavy atom. The molecule has 0 saturated heterocycles. The van der Waals surface area contributed by atoms with Crippen LogP contribution in [0.4, 0.5) is 44.2 Å². The Morgan fingerprint density at radius 2 is 1.02 bits per heavy atom. The van der Waals surface area contributed by atoms with Gasteiger partial charge in [-0.1, -0.05) is 58.3 Å². The first-order chi connectivity index (χ1) is 27.4. The Kier molecular flexibility index (Phi) is 13.3. The van der Waals surface area contributed by atoms with Crippen molar-refractivity contribution in [1.29, 1.82) is 0 Å². The molecule has 0 bridgehead atoms.